The van der Waals surface area contributed by atoms with E-state index in [2.05, 4.69) is 20.4 Å². The second kappa shape index (κ2) is 15.8. The Morgan fingerprint density at radius 3 is 2.20 bits per heavy atom. The van der Waals surface area contributed by atoms with Gasteiger partial charge in [0.15, 0.2) is 15.9 Å². The van der Waals surface area contributed by atoms with Crippen LogP contribution in [0.5, 0.6) is 17.5 Å². The molecular formula is C29H30Cl2FN7O11S. The fourth-order valence-corrected chi connectivity index (χ4v) is 6.55. The van der Waals surface area contributed by atoms with Crippen LogP contribution in [0.2, 0.25) is 10.2 Å². The Labute approximate surface area is 299 Å². The third-order valence-electron chi connectivity index (χ3n) is 7.03. The number of nitrogens with zero attached hydrogens (tertiary/aromatic N) is 5. The molecule has 0 radical (unpaired) electrons. The van der Waals surface area contributed by atoms with Gasteiger partial charge < -0.3 is 24.1 Å². The molecule has 1 aliphatic carbocycles. The SMILES string of the molecule is CC(C)=C1OC(=O)N(c2cc(OC3CCCC3)c(Cl)cc2F)C1=O.COc1cc(OC)nc(NC(=O)NS(=O)(=O)c2c(C(=O)O)c(Cl)nn2C)n1. The van der Waals surface area contributed by atoms with E-state index in [4.69, 9.17) is 47.3 Å². The molecule has 1 aromatic carbocycles. The largest absolute Gasteiger partial charge is 0.489 e. The number of carbonyl (C=O) groups is 4. The summed E-state index contributed by atoms with van der Waals surface area (Å²) in [6, 6.07) is 2.39. The van der Waals surface area contributed by atoms with Crippen LogP contribution in [-0.2, 0) is 26.6 Å². The van der Waals surface area contributed by atoms with E-state index in [1.807, 2.05) is 0 Å². The Morgan fingerprint density at radius 1 is 1.06 bits per heavy atom. The zero-order valence-electron chi connectivity index (χ0n) is 27.4. The van der Waals surface area contributed by atoms with Crippen molar-refractivity contribution >= 4 is 68.9 Å². The number of rotatable bonds is 9. The molecular weight excluding hydrogens is 744 g/mol. The highest BCUT2D eigenvalue weighted by molar-refractivity contribution is 7.90. The number of hydrogen-bond acceptors (Lipinski definition) is 13. The van der Waals surface area contributed by atoms with Crippen molar-refractivity contribution in [1.29, 1.82) is 0 Å². The molecule has 3 heterocycles. The third-order valence-corrected chi connectivity index (χ3v) is 9.02. The number of halogens is 3. The lowest BCUT2D eigenvalue weighted by Crippen LogP contribution is -2.36. The quantitative estimate of drug-likeness (QED) is 0.251. The predicted molar refractivity (Wildman–Crippen MR) is 176 cm³/mol. The number of allylic oxidation sites excluding steroid dienone is 1. The molecule has 3 N–H and O–H groups in total. The van der Waals surface area contributed by atoms with Crippen LogP contribution in [0.25, 0.3) is 0 Å². The number of sulfonamides is 1. The van der Waals surface area contributed by atoms with E-state index < -0.39 is 55.6 Å². The maximum Gasteiger partial charge on any atom is 0.427 e. The number of carboxylic acid groups (broad SMARTS) is 1. The number of ether oxygens (including phenoxy) is 4. The Kier molecular flexibility index (Phi) is 11.9. The molecule has 4 amide bonds. The third kappa shape index (κ3) is 8.75. The second-order valence-corrected chi connectivity index (χ2v) is 13.2. The lowest BCUT2D eigenvalue weighted by atomic mass is 10.2. The molecule has 2 fully saturated rings. The molecule has 1 saturated heterocycles. The minimum atomic E-state index is -4.64. The number of cyclic esters (lactones) is 1. The number of aryl methyl sites for hydroxylation is 1. The number of anilines is 2. The molecule has 2 aromatic heterocycles. The van der Waals surface area contributed by atoms with Crippen LogP contribution in [0, 0.1) is 5.82 Å². The summed E-state index contributed by atoms with van der Waals surface area (Å²) in [5.74, 6) is -3.18. The fraction of sp³-hybridized carbons (Fsp3) is 0.345. The standard InChI is InChI=1S/C17H17ClFNO4.C12H13ClN6O7S/c1-9(2)15-16(21)20(17(22)24-15)13-8-14(11(18)7-12(13)19)23-10-5-3-4-6-10;1-19-9(7(10(20)21)8(13)17-19)27(23,24)18-12(22)16-11-14-5(25-2)4-6(15-11)26-3/h7-8,10H,3-6H2,1-2H3;4H,1-3H3,(H,20,21)(H2,14,15,16,18,22). The summed E-state index contributed by atoms with van der Waals surface area (Å²) in [7, 11) is -0.858. The van der Waals surface area contributed by atoms with Gasteiger partial charge in [0.05, 0.1) is 37.1 Å². The summed E-state index contributed by atoms with van der Waals surface area (Å²) in [5.41, 5.74) is -0.468. The highest BCUT2D eigenvalue weighted by Crippen LogP contribution is 2.37. The molecule has 0 atom stereocenters. The van der Waals surface area contributed by atoms with Crippen LogP contribution in [-0.4, -0.2) is 77.6 Å². The van der Waals surface area contributed by atoms with Crippen LogP contribution >= 0.6 is 23.2 Å². The first-order chi connectivity index (χ1) is 24.0. The van der Waals surface area contributed by atoms with Crippen molar-refractivity contribution in [3.05, 3.63) is 51.1 Å². The first-order valence-corrected chi connectivity index (χ1v) is 16.9. The van der Waals surface area contributed by atoms with Crippen LogP contribution < -0.4 is 29.1 Å². The van der Waals surface area contributed by atoms with E-state index in [1.165, 1.54) is 26.4 Å². The number of urea groups is 1. The maximum atomic E-state index is 14.3. The number of benzene rings is 1. The molecule has 18 nitrogen and oxygen atoms in total. The first kappa shape index (κ1) is 38.6. The predicted octanol–water partition coefficient (Wildman–Crippen LogP) is 4.67. The minimum absolute atomic E-state index is 0.00962. The average Bonchev–Trinajstić information content (AvgIpc) is 3.75. The van der Waals surface area contributed by atoms with Gasteiger partial charge >= 0.3 is 24.0 Å². The Balaban J connectivity index is 0.000000230. The number of aromatic nitrogens is 4. The lowest BCUT2D eigenvalue weighted by molar-refractivity contribution is -0.114. The fourth-order valence-electron chi connectivity index (χ4n) is 4.78. The van der Waals surface area contributed by atoms with Crippen LogP contribution in [0.4, 0.5) is 25.6 Å². The Bertz CT molecular complexity index is 2010. The molecule has 0 bridgehead atoms. The van der Waals surface area contributed by atoms with E-state index in [9.17, 15) is 32.0 Å². The number of carbonyl (C=O) groups excluding carboxylic acids is 3. The molecule has 3 aromatic rings. The number of hydrogen-bond donors (Lipinski definition) is 3. The monoisotopic (exact) mass is 773 g/mol. The van der Waals surface area contributed by atoms with Gasteiger partial charge in [-0.25, -0.2) is 28.4 Å². The number of carboxylic acids is 1. The molecule has 274 valence electrons. The van der Waals surface area contributed by atoms with Crippen molar-refractivity contribution in [2.45, 2.75) is 50.7 Å². The molecule has 0 spiro atoms. The summed E-state index contributed by atoms with van der Waals surface area (Å²) in [6.45, 7) is 3.27. The van der Waals surface area contributed by atoms with Crippen molar-refractivity contribution in [2.75, 3.05) is 24.4 Å². The summed E-state index contributed by atoms with van der Waals surface area (Å²) in [5, 5.41) is 13.5. The zero-order valence-corrected chi connectivity index (χ0v) is 29.8. The number of nitrogens with one attached hydrogen (secondary N) is 2. The maximum absolute atomic E-state index is 14.3. The summed E-state index contributed by atoms with van der Waals surface area (Å²) >= 11 is 11.7. The highest BCUT2D eigenvalue weighted by atomic mass is 35.5. The molecule has 0 unspecified atom stereocenters. The molecule has 1 saturated carbocycles. The minimum Gasteiger partial charge on any atom is -0.489 e. The molecule has 1 aliphatic heterocycles. The zero-order chi connectivity index (χ0) is 37.8. The van der Waals surface area contributed by atoms with Crippen LogP contribution in [0.1, 0.15) is 49.9 Å². The Hall–Kier alpha value is -5.21. The van der Waals surface area contributed by atoms with Crippen LogP contribution in [0.3, 0.4) is 0 Å². The highest BCUT2D eigenvalue weighted by Gasteiger charge is 2.40. The Morgan fingerprint density at radius 2 is 1.67 bits per heavy atom. The van der Waals surface area contributed by atoms with Gasteiger partial charge in [0, 0.05) is 13.1 Å². The number of methoxy groups -OCH3 is 2. The van der Waals surface area contributed by atoms with Gasteiger partial charge in [-0.15, -0.1) is 0 Å². The van der Waals surface area contributed by atoms with E-state index >= 15 is 0 Å². The number of amides is 4. The molecule has 5 rings (SSSR count). The van der Waals surface area contributed by atoms with E-state index in [-0.39, 0.29) is 46.0 Å². The van der Waals surface area contributed by atoms with Crippen molar-refractivity contribution < 1.29 is 56.0 Å². The van der Waals surface area contributed by atoms with Crippen molar-refractivity contribution in [1.82, 2.24) is 24.5 Å². The van der Waals surface area contributed by atoms with E-state index in [1.54, 1.807) is 18.6 Å². The molecule has 22 heteroatoms. The van der Waals surface area contributed by atoms with Gasteiger partial charge in [-0.3, -0.25) is 14.8 Å². The normalized spacial score (nSPS) is 14.4. The van der Waals surface area contributed by atoms with E-state index in [0.717, 1.165) is 38.8 Å². The van der Waals surface area contributed by atoms with Gasteiger partial charge in [-0.1, -0.05) is 23.2 Å². The first-order valence-electron chi connectivity index (χ1n) is 14.6. The lowest BCUT2D eigenvalue weighted by Gasteiger charge is -2.18. The van der Waals surface area contributed by atoms with Crippen molar-refractivity contribution in [3.63, 3.8) is 0 Å². The van der Waals surface area contributed by atoms with Gasteiger partial charge in [0.25, 0.3) is 10.0 Å². The summed E-state index contributed by atoms with van der Waals surface area (Å²) in [6.07, 6.45) is 3.00. The van der Waals surface area contributed by atoms with Gasteiger partial charge in [0.2, 0.25) is 17.7 Å². The second-order valence-electron chi connectivity index (χ2n) is 10.8. The van der Waals surface area contributed by atoms with Gasteiger partial charge in [-0.05, 0) is 51.2 Å². The van der Waals surface area contributed by atoms with E-state index in [0.29, 0.717) is 15.2 Å². The van der Waals surface area contributed by atoms with Crippen molar-refractivity contribution in [3.8, 4) is 17.5 Å². The van der Waals surface area contributed by atoms with Gasteiger partial charge in [0.1, 0.15) is 17.1 Å². The van der Waals surface area contributed by atoms with Gasteiger partial charge in [-0.2, -0.15) is 23.5 Å². The number of aromatic carboxylic acids is 1. The van der Waals surface area contributed by atoms with Crippen molar-refractivity contribution in [2.24, 2.45) is 7.05 Å². The topological polar surface area (TPSA) is 230 Å². The number of imide groups is 1. The average molecular weight is 775 g/mol. The molecule has 2 aliphatic rings. The van der Waals surface area contributed by atoms with Crippen LogP contribution in [0.15, 0.2) is 34.6 Å². The summed E-state index contributed by atoms with van der Waals surface area (Å²) < 4.78 is 62.0. The molecule has 51 heavy (non-hydrogen) atoms. The summed E-state index contributed by atoms with van der Waals surface area (Å²) in [4.78, 5) is 55.9. The smallest absolute Gasteiger partial charge is 0.427 e.